The average Bonchev–Trinajstić information content (AvgIpc) is 2.65. The van der Waals surface area contributed by atoms with Gasteiger partial charge in [0.15, 0.2) is 5.82 Å². The normalized spacial score (nSPS) is 10.0. The molecule has 16 heavy (non-hydrogen) atoms. The topological polar surface area (TPSA) is 108 Å². The first-order valence-corrected chi connectivity index (χ1v) is 4.31. The van der Waals surface area contributed by atoms with Crippen LogP contribution in [0.3, 0.4) is 0 Å². The van der Waals surface area contributed by atoms with Crippen molar-refractivity contribution in [1.82, 2.24) is 10.1 Å². The van der Waals surface area contributed by atoms with E-state index in [1.165, 1.54) is 0 Å². The largest absolute Gasteiger partial charge is 0.465 e. The second-order valence-corrected chi connectivity index (χ2v) is 2.95. The van der Waals surface area contributed by atoms with Crippen molar-refractivity contribution in [1.29, 1.82) is 0 Å². The van der Waals surface area contributed by atoms with Crippen LogP contribution >= 0.6 is 0 Å². The van der Waals surface area contributed by atoms with Crippen molar-refractivity contribution < 1.29 is 14.4 Å². The molecule has 1 aromatic carbocycles. The number of hydrogen-bond acceptors (Lipinski definition) is 4. The zero-order chi connectivity index (χ0) is 11.5. The third kappa shape index (κ3) is 2.08. The van der Waals surface area contributed by atoms with E-state index in [-0.39, 0.29) is 0 Å². The molecule has 82 valence electrons. The van der Waals surface area contributed by atoms with Gasteiger partial charge < -0.3 is 5.11 Å². The third-order valence-electron chi connectivity index (χ3n) is 1.85. The van der Waals surface area contributed by atoms with Crippen LogP contribution < -0.4 is 11.1 Å². The molecule has 0 aliphatic heterocycles. The maximum absolute atomic E-state index is 10.7. The van der Waals surface area contributed by atoms with Gasteiger partial charge in [-0.3, -0.25) is 14.8 Å². The van der Waals surface area contributed by atoms with Gasteiger partial charge in [-0.15, -0.1) is 0 Å². The molecular formula is C9H7N3O4. The molecule has 1 amide bonds. The number of H-pyrrole nitrogens is 1. The molecule has 0 radical (unpaired) electrons. The highest BCUT2D eigenvalue weighted by Gasteiger charge is 2.04. The number of amides is 1. The molecule has 0 bridgehead atoms. The summed E-state index contributed by atoms with van der Waals surface area (Å²) in [5.74, 6) is -0.338. The Morgan fingerprint density at radius 2 is 2.06 bits per heavy atom. The van der Waals surface area contributed by atoms with Crippen molar-refractivity contribution in [2.24, 2.45) is 0 Å². The summed E-state index contributed by atoms with van der Waals surface area (Å²) in [5.41, 5.74) is 1.06. The predicted molar refractivity (Wildman–Crippen MR) is 54.2 cm³/mol. The van der Waals surface area contributed by atoms with E-state index in [2.05, 4.69) is 20.0 Å². The van der Waals surface area contributed by atoms with Crippen LogP contribution in [0.1, 0.15) is 0 Å². The van der Waals surface area contributed by atoms with E-state index >= 15 is 0 Å². The fraction of sp³-hybridized carbons (Fsp3) is 0. The number of nitrogens with zero attached hydrogens (tertiary/aromatic N) is 1. The smallest absolute Gasteiger partial charge is 0.439 e. The van der Waals surface area contributed by atoms with E-state index in [0.29, 0.717) is 17.1 Å². The van der Waals surface area contributed by atoms with Gasteiger partial charge in [0, 0.05) is 11.3 Å². The molecule has 1 aromatic heterocycles. The molecule has 1 heterocycles. The van der Waals surface area contributed by atoms with Gasteiger partial charge >= 0.3 is 11.8 Å². The lowest BCUT2D eigenvalue weighted by molar-refractivity contribution is 0.210. The molecule has 0 saturated carbocycles. The second-order valence-electron chi connectivity index (χ2n) is 2.95. The van der Waals surface area contributed by atoms with Gasteiger partial charge in [-0.1, -0.05) is 5.16 Å². The highest BCUT2D eigenvalue weighted by atomic mass is 16.5. The molecule has 0 spiro atoms. The summed E-state index contributed by atoms with van der Waals surface area (Å²) in [7, 11) is 0. The number of anilines is 1. The Balaban J connectivity index is 2.25. The number of carbonyl (C=O) groups is 1. The minimum atomic E-state index is -1.14. The standard InChI is InChI=1S/C9H7N3O4/c13-8(14)10-6-3-1-5(2-4-6)7-11-9(15)16-12-7/h1-4,10H,(H,13,14)(H,11,12,15). The van der Waals surface area contributed by atoms with Crippen molar-refractivity contribution in [2.75, 3.05) is 5.32 Å². The van der Waals surface area contributed by atoms with Gasteiger partial charge in [0.2, 0.25) is 0 Å². The van der Waals surface area contributed by atoms with Crippen LogP contribution in [0.25, 0.3) is 11.4 Å². The summed E-state index contributed by atoms with van der Waals surface area (Å²) in [6.07, 6.45) is -1.14. The summed E-state index contributed by atoms with van der Waals surface area (Å²) < 4.78 is 4.34. The number of carboxylic acid groups (broad SMARTS) is 1. The van der Waals surface area contributed by atoms with E-state index in [1.807, 2.05) is 0 Å². The lowest BCUT2D eigenvalue weighted by atomic mass is 10.2. The van der Waals surface area contributed by atoms with Crippen molar-refractivity contribution in [3.05, 3.63) is 34.8 Å². The minimum absolute atomic E-state index is 0.298. The fourth-order valence-electron chi connectivity index (χ4n) is 1.19. The van der Waals surface area contributed by atoms with Crippen LogP contribution in [0, 0.1) is 0 Å². The number of benzene rings is 1. The Bertz CT molecular complexity index is 555. The van der Waals surface area contributed by atoms with Crippen LogP contribution in [0.15, 0.2) is 33.6 Å². The molecule has 0 saturated heterocycles. The maximum atomic E-state index is 10.7. The van der Waals surface area contributed by atoms with Crippen LogP contribution in [0.5, 0.6) is 0 Å². The first-order chi connectivity index (χ1) is 7.65. The Kier molecular flexibility index (Phi) is 2.42. The van der Waals surface area contributed by atoms with Crippen LogP contribution in [-0.4, -0.2) is 21.3 Å². The summed E-state index contributed by atoms with van der Waals surface area (Å²) >= 11 is 0. The molecule has 3 N–H and O–H groups in total. The van der Waals surface area contributed by atoms with Crippen molar-refractivity contribution >= 4 is 11.8 Å². The minimum Gasteiger partial charge on any atom is -0.465 e. The van der Waals surface area contributed by atoms with Crippen LogP contribution in [-0.2, 0) is 0 Å². The van der Waals surface area contributed by atoms with Gasteiger partial charge in [0.1, 0.15) is 0 Å². The number of aromatic amines is 1. The van der Waals surface area contributed by atoms with Gasteiger partial charge in [-0.05, 0) is 24.3 Å². The molecule has 0 aliphatic rings. The summed E-state index contributed by atoms with van der Waals surface area (Å²) in [4.78, 5) is 23.4. The Morgan fingerprint density at radius 3 is 2.56 bits per heavy atom. The van der Waals surface area contributed by atoms with Crippen molar-refractivity contribution in [3.8, 4) is 11.4 Å². The highest BCUT2D eigenvalue weighted by Crippen LogP contribution is 2.16. The van der Waals surface area contributed by atoms with E-state index in [1.54, 1.807) is 24.3 Å². The monoisotopic (exact) mass is 221 g/mol. The van der Waals surface area contributed by atoms with Crippen molar-refractivity contribution in [3.63, 3.8) is 0 Å². The maximum Gasteiger partial charge on any atom is 0.439 e. The number of rotatable bonds is 2. The van der Waals surface area contributed by atoms with Gasteiger partial charge in [-0.25, -0.2) is 9.59 Å². The molecule has 0 atom stereocenters. The quantitative estimate of drug-likeness (QED) is 0.704. The molecule has 2 rings (SSSR count). The highest BCUT2D eigenvalue weighted by molar-refractivity contribution is 5.83. The predicted octanol–water partition coefficient (Wildman–Crippen LogP) is 1.12. The first-order valence-electron chi connectivity index (χ1n) is 4.31. The van der Waals surface area contributed by atoms with Gasteiger partial charge in [0.05, 0.1) is 0 Å². The number of aromatic nitrogens is 2. The number of hydrogen-bond donors (Lipinski definition) is 3. The fourth-order valence-corrected chi connectivity index (χ4v) is 1.19. The molecule has 0 fully saturated rings. The van der Waals surface area contributed by atoms with E-state index in [0.717, 1.165) is 0 Å². The second kappa shape index (κ2) is 3.89. The van der Waals surface area contributed by atoms with Crippen molar-refractivity contribution in [2.45, 2.75) is 0 Å². The molecule has 0 unspecified atom stereocenters. The third-order valence-corrected chi connectivity index (χ3v) is 1.85. The zero-order valence-corrected chi connectivity index (χ0v) is 7.93. The lowest BCUT2D eigenvalue weighted by Crippen LogP contribution is -2.06. The molecule has 2 aromatic rings. The summed E-state index contributed by atoms with van der Waals surface area (Å²) in [5, 5.41) is 14.2. The average molecular weight is 221 g/mol. The summed E-state index contributed by atoms with van der Waals surface area (Å²) in [6, 6.07) is 6.32. The first kappa shape index (κ1) is 9.97. The van der Waals surface area contributed by atoms with Crippen LogP contribution in [0.2, 0.25) is 0 Å². The zero-order valence-electron chi connectivity index (χ0n) is 7.93. The van der Waals surface area contributed by atoms with E-state index < -0.39 is 11.8 Å². The van der Waals surface area contributed by atoms with Crippen LogP contribution in [0.4, 0.5) is 10.5 Å². The van der Waals surface area contributed by atoms with E-state index in [9.17, 15) is 9.59 Å². The Hall–Kier alpha value is -2.57. The SMILES string of the molecule is O=C(O)Nc1ccc(-c2noc(=O)[nH]2)cc1. The Labute approximate surface area is 88.7 Å². The van der Waals surface area contributed by atoms with E-state index in [4.69, 9.17) is 5.11 Å². The van der Waals surface area contributed by atoms with Gasteiger partial charge in [-0.2, -0.15) is 0 Å². The number of nitrogens with one attached hydrogen (secondary N) is 2. The molecule has 0 aliphatic carbocycles. The van der Waals surface area contributed by atoms with Gasteiger partial charge in [0.25, 0.3) is 0 Å². The summed E-state index contributed by atoms with van der Waals surface area (Å²) in [6.45, 7) is 0. The Morgan fingerprint density at radius 1 is 1.38 bits per heavy atom. The molecular weight excluding hydrogens is 214 g/mol. The lowest BCUT2D eigenvalue weighted by Gasteiger charge is -2.00. The molecule has 7 heteroatoms. The molecule has 7 nitrogen and oxygen atoms in total.